The number of ether oxygens (including phenoxy) is 5. The number of aromatic nitrogens is 9. The first-order valence-electron chi connectivity index (χ1n) is 37.8. The lowest BCUT2D eigenvalue weighted by Gasteiger charge is -2.26. The molecule has 0 spiro atoms. The van der Waals surface area contributed by atoms with Gasteiger partial charge in [-0.05, 0) is 140 Å². The van der Waals surface area contributed by atoms with Crippen LogP contribution in [0.25, 0.3) is 33.1 Å². The van der Waals surface area contributed by atoms with Crippen LogP contribution in [0.5, 0.6) is 40.2 Å². The molecule has 38 heteroatoms. The molecule has 0 saturated heterocycles. The predicted molar refractivity (Wildman–Crippen MR) is 473 cm³/mol. The number of nitrogens with two attached hydrogens (primary N) is 1. The highest BCUT2D eigenvalue weighted by molar-refractivity contribution is 7.99. The SMILES string of the molecule is C=CC(=O)Nc1cc(Nc2ncc3cc(Oc4ccc(F)cc4F)c(C)nc3n2)c(OC)cc1N(C)CCN(C)C.C=CC(=O)Nc1cc(Nc2ncc3cc(Oc4ccc(F)cc4F)c(N)nc3n2)c(OC)cc1N(C)CCN(C)C.C=CC(=O)Nc1cc(Nc2ncc3cc(Sc4ccc(F)cc4F)c(=O)n(C)c3n2)c(OC)cc1N(C)CCN(C)C. The second kappa shape index (κ2) is 41.7. The summed E-state index contributed by atoms with van der Waals surface area (Å²) >= 11 is 0.896. The Morgan fingerprint density at radius 2 is 0.806 bits per heavy atom. The molecule has 12 aromatic rings. The minimum absolute atomic E-state index is 0.0528. The number of halogens is 6. The lowest BCUT2D eigenvalue weighted by atomic mass is 10.2. The van der Waals surface area contributed by atoms with Crippen LogP contribution in [0.15, 0.2) is 180 Å². The summed E-state index contributed by atoms with van der Waals surface area (Å²) in [4.78, 5) is 97.6. The smallest absolute Gasteiger partial charge is 0.265 e. The summed E-state index contributed by atoms with van der Waals surface area (Å²) in [5.74, 6) is -3.70. The third-order valence-electron chi connectivity index (χ3n) is 18.4. The number of pyridine rings is 3. The van der Waals surface area contributed by atoms with Crippen molar-refractivity contribution in [2.45, 2.75) is 16.7 Å². The molecule has 0 fully saturated rings. The fraction of sp³-hybridized carbons (Fsp3) is 0.233. The summed E-state index contributed by atoms with van der Waals surface area (Å²) < 4.78 is 112. The number of likely N-dealkylation sites (N-methyl/N-ethyl adjacent to an activating group) is 6. The first kappa shape index (κ1) is 91.9. The molecule has 0 bridgehead atoms. The maximum absolute atomic E-state index is 14.2. The second-order valence-corrected chi connectivity index (χ2v) is 29.5. The number of fused-ring (bicyclic) bond motifs is 3. The van der Waals surface area contributed by atoms with Crippen molar-refractivity contribution in [3.05, 3.63) is 217 Å². The van der Waals surface area contributed by atoms with E-state index in [-0.39, 0.29) is 79.8 Å². The van der Waals surface area contributed by atoms with Gasteiger partial charge in [0.2, 0.25) is 35.6 Å². The summed E-state index contributed by atoms with van der Waals surface area (Å²) in [6, 6.07) is 24.5. The minimum atomic E-state index is -0.882. The van der Waals surface area contributed by atoms with E-state index < -0.39 is 40.5 Å². The Kier molecular flexibility index (Phi) is 30.9. The molecule has 8 N–H and O–H groups in total. The van der Waals surface area contributed by atoms with Crippen LogP contribution in [0.1, 0.15) is 5.69 Å². The van der Waals surface area contributed by atoms with Gasteiger partial charge in [0, 0.05) is 144 Å². The molecule has 0 atom stereocenters. The zero-order valence-corrected chi connectivity index (χ0v) is 71.2. The molecule has 0 saturated carbocycles. The van der Waals surface area contributed by atoms with Crippen molar-refractivity contribution in [1.82, 2.24) is 59.1 Å². The molecule has 6 heterocycles. The maximum Gasteiger partial charge on any atom is 0.265 e. The Hall–Kier alpha value is -14.4. The highest BCUT2D eigenvalue weighted by Crippen LogP contribution is 2.43. The van der Waals surface area contributed by atoms with E-state index in [9.17, 15) is 45.5 Å². The van der Waals surface area contributed by atoms with E-state index >= 15 is 0 Å². The molecule has 6 aromatic heterocycles. The van der Waals surface area contributed by atoms with Crippen molar-refractivity contribution in [2.75, 3.05) is 176 Å². The fourth-order valence-corrected chi connectivity index (χ4v) is 12.7. The lowest BCUT2D eigenvalue weighted by molar-refractivity contribution is -0.112. The van der Waals surface area contributed by atoms with E-state index in [0.29, 0.717) is 110 Å². The van der Waals surface area contributed by atoms with Gasteiger partial charge in [-0.2, -0.15) is 15.0 Å². The van der Waals surface area contributed by atoms with Gasteiger partial charge in [-0.15, -0.1) is 0 Å². The summed E-state index contributed by atoms with van der Waals surface area (Å²) in [6.07, 6.45) is 8.13. The number of benzene rings is 6. The molecule has 0 aliphatic heterocycles. The number of methoxy groups -OCH3 is 3. The third-order valence-corrected chi connectivity index (χ3v) is 19.5. The first-order chi connectivity index (χ1) is 59.1. The Morgan fingerprint density at radius 3 is 1.19 bits per heavy atom. The van der Waals surface area contributed by atoms with Gasteiger partial charge in [0.25, 0.3) is 5.56 Å². The standard InChI is InChI=1S/C29H31F2N7O3S.C29H31F2N7O3.C28H30F2N8O3/c1-7-26(39)33-20-14-21(23(41-6)15-22(20)37(4)11-10-36(2)3)34-29-32-16-17-12-25(28(40)38(5)27(17)35-29)42-24-9-8-18(30)13-19(24)31;1-7-27(39)34-21-14-22(26(40-6)15-23(21)38(5)11-10-37(3)4)35-29-32-16-18-12-25(17(2)33-28(18)36-29)41-24-9-8-19(30)13-20(24)31;1-6-25(39)33-19-13-20(23(40-5)14-21(19)38(4)10-9-37(2)3)34-28-32-15-16-11-24(26(31)35-27(16)36-28)41-22-8-7-17(29)12-18(22)30/h7-9,12-16H,1,10-11H2,2-6H3,(H,33,39)(H,32,34,35);7-9,12-16H,1,10-11H2,2-6H3,(H,34,39)(H,32,33,35,36);6-8,11-15H,1,9-10H2,2-5H3,(H,33,39)(H3,31,32,34,35,36). The molecule has 6 aromatic carbocycles. The topological polar surface area (TPSA) is 340 Å². The van der Waals surface area contributed by atoms with E-state index in [1.165, 1.54) is 67.6 Å². The van der Waals surface area contributed by atoms with Crippen molar-refractivity contribution < 1.29 is 64.4 Å². The highest BCUT2D eigenvalue weighted by Gasteiger charge is 2.24. The second-order valence-electron chi connectivity index (χ2n) is 28.4. The van der Waals surface area contributed by atoms with Gasteiger partial charge in [0.1, 0.15) is 51.9 Å². The predicted octanol–water partition coefficient (Wildman–Crippen LogP) is 14.5. The molecule has 0 aliphatic rings. The van der Waals surface area contributed by atoms with Gasteiger partial charge >= 0.3 is 0 Å². The Morgan fingerprint density at radius 1 is 0.435 bits per heavy atom. The number of amides is 3. The van der Waals surface area contributed by atoms with Crippen LogP contribution in [0.2, 0.25) is 0 Å². The number of nitrogens with one attached hydrogen (secondary N) is 6. The highest BCUT2D eigenvalue weighted by atomic mass is 32.2. The number of nitrogen functional groups attached to an aromatic ring is 1. The van der Waals surface area contributed by atoms with Gasteiger partial charge < -0.3 is 90.7 Å². The van der Waals surface area contributed by atoms with Gasteiger partial charge in [0.15, 0.2) is 46.0 Å². The number of aryl methyl sites for hydroxylation is 2. The number of carbonyl (C=O) groups is 3. The van der Waals surface area contributed by atoms with Crippen LogP contribution in [0.3, 0.4) is 0 Å². The van der Waals surface area contributed by atoms with Crippen LogP contribution >= 0.6 is 11.8 Å². The van der Waals surface area contributed by atoms with E-state index in [2.05, 4.69) is 106 Å². The Balaban J connectivity index is 0.000000195. The van der Waals surface area contributed by atoms with Crippen LogP contribution in [-0.2, 0) is 21.4 Å². The number of nitrogens with zero attached hydrogens (tertiary/aromatic N) is 15. The van der Waals surface area contributed by atoms with Crippen molar-refractivity contribution in [3.63, 3.8) is 0 Å². The summed E-state index contributed by atoms with van der Waals surface area (Å²) in [7, 11) is 23.8. The number of rotatable bonds is 33. The van der Waals surface area contributed by atoms with Crippen molar-refractivity contribution in [1.29, 1.82) is 0 Å². The zero-order chi connectivity index (χ0) is 89.9. The van der Waals surface area contributed by atoms with Gasteiger partial charge in [-0.25, -0.2) is 51.3 Å². The number of carbonyl (C=O) groups excluding carboxylic acids is 3. The zero-order valence-electron chi connectivity index (χ0n) is 70.4. The average molecular weight is 1720 g/mol. The molecule has 0 radical (unpaired) electrons. The van der Waals surface area contributed by atoms with E-state index in [1.54, 1.807) is 69.7 Å². The van der Waals surface area contributed by atoms with Crippen LogP contribution in [0, 0.1) is 41.8 Å². The summed E-state index contributed by atoms with van der Waals surface area (Å²) in [5, 5.41) is 19.4. The number of hydrogen-bond donors (Lipinski definition) is 7. The van der Waals surface area contributed by atoms with Crippen LogP contribution in [0.4, 0.5) is 101 Å². The Labute approximate surface area is 714 Å². The molecule has 124 heavy (non-hydrogen) atoms. The van der Waals surface area contributed by atoms with Crippen LogP contribution in [-0.4, -0.2) is 201 Å². The van der Waals surface area contributed by atoms with E-state index in [0.717, 1.165) is 84.9 Å². The fourth-order valence-electron chi connectivity index (χ4n) is 11.8. The monoisotopic (exact) mass is 1720 g/mol. The number of anilines is 13. The number of hydrogen-bond acceptors (Lipinski definition) is 28. The Bertz CT molecular complexity index is 5820. The van der Waals surface area contributed by atoms with Gasteiger partial charge in [-0.1, -0.05) is 31.5 Å². The normalized spacial score (nSPS) is 11.0. The van der Waals surface area contributed by atoms with E-state index in [4.69, 9.17) is 29.4 Å². The lowest BCUT2D eigenvalue weighted by Crippen LogP contribution is -2.29. The molecular formula is C86H92F6N22O9S. The van der Waals surface area contributed by atoms with E-state index in [1.807, 2.05) is 84.2 Å². The molecule has 648 valence electrons. The summed E-state index contributed by atoms with van der Waals surface area (Å²) in [6.45, 7) is 16.8. The van der Waals surface area contributed by atoms with Crippen molar-refractivity contribution >= 4 is 137 Å². The summed E-state index contributed by atoms with van der Waals surface area (Å²) in [5.41, 5.74) is 12.3. The molecule has 0 unspecified atom stereocenters. The van der Waals surface area contributed by atoms with Crippen LogP contribution < -0.4 is 81.6 Å². The largest absolute Gasteiger partial charge is 0.494 e. The van der Waals surface area contributed by atoms with Crippen molar-refractivity contribution in [3.8, 4) is 40.2 Å². The van der Waals surface area contributed by atoms with Crippen molar-refractivity contribution in [2.24, 2.45) is 7.05 Å². The average Bonchev–Trinajstić information content (AvgIpc) is 0.800. The molecule has 3 amide bonds. The molecule has 12 rings (SSSR count). The minimum Gasteiger partial charge on any atom is -0.494 e. The first-order valence-corrected chi connectivity index (χ1v) is 38.7. The van der Waals surface area contributed by atoms with Gasteiger partial charge in [0.05, 0.1) is 83.1 Å². The molecule has 0 aliphatic carbocycles. The van der Waals surface area contributed by atoms with Gasteiger partial charge in [-0.3, -0.25) is 23.7 Å². The quantitative estimate of drug-likeness (QED) is 0.0148. The third kappa shape index (κ3) is 23.8. The molecular weight excluding hydrogens is 1630 g/mol. The molecule has 31 nitrogen and oxygen atoms in total. The maximum atomic E-state index is 14.2.